The fourth-order valence-corrected chi connectivity index (χ4v) is 1.36. The molecule has 0 aliphatic heterocycles. The third-order valence-electron chi connectivity index (χ3n) is 1.86. The number of carbonyl (C=O) groups excluding carboxylic acids is 1. The molecule has 0 radical (unpaired) electrons. The van der Waals surface area contributed by atoms with E-state index in [1.807, 2.05) is 0 Å². The number of hydrogen-bond donors (Lipinski definition) is 2. The van der Waals surface area contributed by atoms with Gasteiger partial charge in [0.15, 0.2) is 0 Å². The number of halogens is 4. The van der Waals surface area contributed by atoms with Crippen molar-refractivity contribution in [3.63, 3.8) is 0 Å². The van der Waals surface area contributed by atoms with Crippen LogP contribution in [0.4, 0.5) is 23.7 Å². The SMILES string of the molecule is O=C(NCCBr)Nc1ccccc1C(F)(F)F. The Balaban J connectivity index is 2.81. The second kappa shape index (κ2) is 5.90. The largest absolute Gasteiger partial charge is 0.418 e. The van der Waals surface area contributed by atoms with Crippen LogP contribution in [0.5, 0.6) is 0 Å². The van der Waals surface area contributed by atoms with Crippen LogP contribution in [0.1, 0.15) is 5.56 Å². The van der Waals surface area contributed by atoms with Crippen LogP contribution in [0, 0.1) is 0 Å². The molecular formula is C10H10BrF3N2O. The lowest BCUT2D eigenvalue weighted by molar-refractivity contribution is -0.136. The summed E-state index contributed by atoms with van der Waals surface area (Å²) in [5, 5.41) is 5.09. The van der Waals surface area contributed by atoms with Crippen molar-refractivity contribution in [2.24, 2.45) is 0 Å². The van der Waals surface area contributed by atoms with Gasteiger partial charge < -0.3 is 10.6 Å². The average molecular weight is 311 g/mol. The number of anilines is 1. The topological polar surface area (TPSA) is 41.1 Å². The second-order valence-corrected chi connectivity index (χ2v) is 3.91. The highest BCUT2D eigenvalue weighted by Gasteiger charge is 2.33. The molecule has 0 aliphatic carbocycles. The van der Waals surface area contributed by atoms with Crippen LogP contribution in [-0.2, 0) is 6.18 Å². The molecule has 94 valence electrons. The van der Waals surface area contributed by atoms with E-state index >= 15 is 0 Å². The van der Waals surface area contributed by atoms with Crippen molar-refractivity contribution >= 4 is 27.6 Å². The molecule has 17 heavy (non-hydrogen) atoms. The zero-order valence-corrected chi connectivity index (χ0v) is 10.2. The second-order valence-electron chi connectivity index (χ2n) is 3.11. The van der Waals surface area contributed by atoms with Crippen LogP contribution in [0.2, 0.25) is 0 Å². The van der Waals surface area contributed by atoms with Gasteiger partial charge >= 0.3 is 12.2 Å². The van der Waals surface area contributed by atoms with E-state index in [2.05, 4.69) is 26.6 Å². The van der Waals surface area contributed by atoms with Crippen LogP contribution in [0.3, 0.4) is 0 Å². The summed E-state index contributed by atoms with van der Waals surface area (Å²) >= 11 is 3.09. The molecule has 0 aromatic heterocycles. The third-order valence-corrected chi connectivity index (χ3v) is 2.26. The highest BCUT2D eigenvalue weighted by Crippen LogP contribution is 2.34. The highest BCUT2D eigenvalue weighted by atomic mass is 79.9. The van der Waals surface area contributed by atoms with Gasteiger partial charge in [-0.05, 0) is 12.1 Å². The molecule has 0 bridgehead atoms. The summed E-state index contributed by atoms with van der Waals surface area (Å²) in [5.41, 5.74) is -1.12. The van der Waals surface area contributed by atoms with Crippen LogP contribution >= 0.6 is 15.9 Å². The predicted molar refractivity (Wildman–Crippen MR) is 62.3 cm³/mol. The number of amides is 2. The van der Waals surface area contributed by atoms with E-state index in [-0.39, 0.29) is 5.69 Å². The lowest BCUT2D eigenvalue weighted by Gasteiger charge is -2.13. The Morgan fingerprint density at radius 1 is 1.29 bits per heavy atom. The van der Waals surface area contributed by atoms with Crippen LogP contribution in [-0.4, -0.2) is 17.9 Å². The van der Waals surface area contributed by atoms with Crippen molar-refractivity contribution < 1.29 is 18.0 Å². The minimum Gasteiger partial charge on any atom is -0.337 e. The molecule has 0 atom stereocenters. The van der Waals surface area contributed by atoms with Crippen molar-refractivity contribution in [1.82, 2.24) is 5.32 Å². The third kappa shape index (κ3) is 4.26. The monoisotopic (exact) mass is 310 g/mol. The molecule has 0 saturated heterocycles. The predicted octanol–water partition coefficient (Wildman–Crippen LogP) is 3.22. The van der Waals surface area contributed by atoms with E-state index in [9.17, 15) is 18.0 Å². The van der Waals surface area contributed by atoms with Gasteiger partial charge in [-0.1, -0.05) is 28.1 Å². The van der Waals surface area contributed by atoms with E-state index in [1.165, 1.54) is 18.2 Å². The standard InChI is InChI=1S/C10H10BrF3N2O/c11-5-6-15-9(17)16-8-4-2-1-3-7(8)10(12,13)14/h1-4H,5-6H2,(H2,15,16,17). The fourth-order valence-electron chi connectivity index (χ4n) is 1.17. The Hall–Kier alpha value is -1.24. The van der Waals surface area contributed by atoms with Gasteiger partial charge in [0.1, 0.15) is 0 Å². The molecule has 1 rings (SSSR count). The minimum atomic E-state index is -4.49. The summed E-state index contributed by atoms with van der Waals surface area (Å²) in [6, 6.07) is 4.15. The number of rotatable bonds is 3. The summed E-state index contributed by atoms with van der Waals surface area (Å²) in [7, 11) is 0. The van der Waals surface area contributed by atoms with Crippen molar-refractivity contribution in [3.05, 3.63) is 29.8 Å². The summed E-state index contributed by atoms with van der Waals surface area (Å²) in [4.78, 5) is 11.2. The normalized spacial score (nSPS) is 11.1. The van der Waals surface area contributed by atoms with E-state index < -0.39 is 17.8 Å². The van der Waals surface area contributed by atoms with E-state index in [4.69, 9.17) is 0 Å². The number of hydrogen-bond acceptors (Lipinski definition) is 1. The first kappa shape index (κ1) is 13.8. The zero-order valence-electron chi connectivity index (χ0n) is 8.64. The van der Waals surface area contributed by atoms with Gasteiger partial charge in [0.2, 0.25) is 0 Å². The number of benzene rings is 1. The van der Waals surface area contributed by atoms with Gasteiger partial charge in [-0.2, -0.15) is 13.2 Å². The van der Waals surface area contributed by atoms with Gasteiger partial charge in [0.25, 0.3) is 0 Å². The summed E-state index contributed by atoms with van der Waals surface area (Å²) in [6.07, 6.45) is -4.49. The summed E-state index contributed by atoms with van der Waals surface area (Å²) < 4.78 is 37.7. The van der Waals surface area contributed by atoms with Gasteiger partial charge in [-0.15, -0.1) is 0 Å². The molecule has 1 aromatic carbocycles. The average Bonchev–Trinajstić information content (AvgIpc) is 2.25. The molecule has 0 heterocycles. The molecule has 0 fully saturated rings. The molecule has 3 nitrogen and oxygen atoms in total. The first-order chi connectivity index (χ1) is 7.95. The van der Waals surface area contributed by atoms with Crippen molar-refractivity contribution in [1.29, 1.82) is 0 Å². The minimum absolute atomic E-state index is 0.257. The molecule has 0 aliphatic rings. The lowest BCUT2D eigenvalue weighted by atomic mass is 10.1. The van der Waals surface area contributed by atoms with E-state index in [0.29, 0.717) is 11.9 Å². The van der Waals surface area contributed by atoms with Crippen molar-refractivity contribution in [2.75, 3.05) is 17.2 Å². The van der Waals surface area contributed by atoms with E-state index in [1.54, 1.807) is 0 Å². The van der Waals surface area contributed by atoms with Crippen LogP contribution in [0.15, 0.2) is 24.3 Å². The maximum atomic E-state index is 12.6. The lowest BCUT2D eigenvalue weighted by Crippen LogP contribution is -2.30. The number of carbonyl (C=O) groups is 1. The summed E-state index contributed by atoms with van der Waals surface area (Å²) in [5.74, 6) is 0. The molecule has 0 saturated carbocycles. The van der Waals surface area contributed by atoms with Gasteiger partial charge in [-0.25, -0.2) is 4.79 Å². The van der Waals surface area contributed by atoms with Crippen LogP contribution in [0.25, 0.3) is 0 Å². The quantitative estimate of drug-likeness (QED) is 0.827. The Morgan fingerprint density at radius 3 is 2.53 bits per heavy atom. The number of nitrogens with one attached hydrogen (secondary N) is 2. The first-order valence-corrected chi connectivity index (χ1v) is 5.84. The smallest absolute Gasteiger partial charge is 0.337 e. The van der Waals surface area contributed by atoms with E-state index in [0.717, 1.165) is 6.07 Å². The fraction of sp³-hybridized carbons (Fsp3) is 0.300. The van der Waals surface area contributed by atoms with Gasteiger partial charge in [0.05, 0.1) is 11.3 Å². The molecule has 2 amide bonds. The first-order valence-electron chi connectivity index (χ1n) is 4.72. The van der Waals surface area contributed by atoms with Crippen molar-refractivity contribution in [3.8, 4) is 0 Å². The molecular weight excluding hydrogens is 301 g/mol. The molecule has 1 aromatic rings. The number of urea groups is 1. The van der Waals surface area contributed by atoms with Gasteiger partial charge in [-0.3, -0.25) is 0 Å². The molecule has 7 heteroatoms. The number of para-hydroxylation sites is 1. The Morgan fingerprint density at radius 2 is 1.94 bits per heavy atom. The Labute approximate surface area is 105 Å². The zero-order chi connectivity index (χ0) is 12.9. The summed E-state index contributed by atoms with van der Waals surface area (Å²) in [6.45, 7) is 0.333. The Bertz CT molecular complexity index is 395. The van der Waals surface area contributed by atoms with Crippen LogP contribution < -0.4 is 10.6 Å². The van der Waals surface area contributed by atoms with Gasteiger partial charge in [0, 0.05) is 11.9 Å². The highest BCUT2D eigenvalue weighted by molar-refractivity contribution is 9.09. The molecule has 0 unspecified atom stereocenters. The molecule has 0 spiro atoms. The molecule has 2 N–H and O–H groups in total. The van der Waals surface area contributed by atoms with Crippen molar-refractivity contribution in [2.45, 2.75) is 6.18 Å². The maximum absolute atomic E-state index is 12.6. The maximum Gasteiger partial charge on any atom is 0.418 e. The number of alkyl halides is 4. The Kier molecular flexibility index (Phi) is 4.80.